The highest BCUT2D eigenvalue weighted by molar-refractivity contribution is 7.89. The predicted octanol–water partition coefficient (Wildman–Crippen LogP) is 2.08. The number of anilines is 1. The van der Waals surface area contributed by atoms with Crippen molar-refractivity contribution in [1.29, 1.82) is 0 Å². The first-order chi connectivity index (χ1) is 9.43. The van der Waals surface area contributed by atoms with E-state index in [1.807, 2.05) is 0 Å². The molecule has 0 aliphatic heterocycles. The molecule has 0 fully saturated rings. The fraction of sp³-hybridized carbons (Fsp3) is 0.462. The quantitative estimate of drug-likeness (QED) is 0.569. The summed E-state index contributed by atoms with van der Waals surface area (Å²) >= 11 is 5.51. The van der Waals surface area contributed by atoms with Crippen molar-refractivity contribution in [3.05, 3.63) is 29.8 Å². The lowest BCUT2D eigenvalue weighted by atomic mass is 10.2. The molecule has 5 nitrogen and oxygen atoms in total. The summed E-state index contributed by atoms with van der Waals surface area (Å²) in [6, 6.07) is 7.01. The molecule has 0 aliphatic rings. The van der Waals surface area contributed by atoms with Crippen molar-refractivity contribution in [3.8, 4) is 0 Å². The van der Waals surface area contributed by atoms with Crippen LogP contribution in [0, 0.1) is 0 Å². The topological polar surface area (TPSA) is 75.3 Å². The average Bonchev–Trinajstić information content (AvgIpc) is 2.37. The predicted molar refractivity (Wildman–Crippen MR) is 81.3 cm³/mol. The number of hydrogen-bond donors (Lipinski definition) is 2. The van der Waals surface area contributed by atoms with E-state index < -0.39 is 10.0 Å². The van der Waals surface area contributed by atoms with Crippen LogP contribution in [0.1, 0.15) is 25.3 Å². The van der Waals surface area contributed by atoms with Gasteiger partial charge in [-0.05, 0) is 30.5 Å². The Hall–Kier alpha value is -1.11. The fourth-order valence-corrected chi connectivity index (χ4v) is 2.87. The number of nitrogens with one attached hydrogen (secondary N) is 2. The maximum atomic E-state index is 11.7. The zero-order chi connectivity index (χ0) is 15.0. The molecule has 112 valence electrons. The smallest absolute Gasteiger partial charge is 0.221 e. The SMILES string of the molecule is CC(=O)Nc1ccc(CNS(=O)(=O)CCCCCl)cc1. The van der Waals surface area contributed by atoms with Crippen molar-refractivity contribution >= 4 is 33.2 Å². The Kier molecular flexibility index (Phi) is 6.98. The molecule has 0 atom stereocenters. The second-order valence-corrected chi connectivity index (χ2v) is 6.72. The van der Waals surface area contributed by atoms with Crippen LogP contribution >= 0.6 is 11.6 Å². The van der Waals surface area contributed by atoms with Gasteiger partial charge in [-0.1, -0.05) is 12.1 Å². The van der Waals surface area contributed by atoms with Crippen LogP contribution in [0.5, 0.6) is 0 Å². The van der Waals surface area contributed by atoms with E-state index in [1.54, 1.807) is 24.3 Å². The zero-order valence-corrected chi connectivity index (χ0v) is 12.9. The number of rotatable bonds is 8. The van der Waals surface area contributed by atoms with Gasteiger partial charge in [0.1, 0.15) is 0 Å². The molecule has 0 aromatic heterocycles. The van der Waals surface area contributed by atoms with Crippen LogP contribution in [0.25, 0.3) is 0 Å². The summed E-state index contributed by atoms with van der Waals surface area (Å²) in [6.07, 6.45) is 1.24. The van der Waals surface area contributed by atoms with Crippen LogP contribution in [0.3, 0.4) is 0 Å². The molecule has 1 aromatic carbocycles. The first-order valence-electron chi connectivity index (χ1n) is 6.33. The number of sulfonamides is 1. The summed E-state index contributed by atoms with van der Waals surface area (Å²) in [6.45, 7) is 1.67. The van der Waals surface area contributed by atoms with Gasteiger partial charge in [-0.2, -0.15) is 0 Å². The monoisotopic (exact) mass is 318 g/mol. The van der Waals surface area contributed by atoms with Crippen LogP contribution in [0.4, 0.5) is 5.69 Å². The number of hydrogen-bond acceptors (Lipinski definition) is 3. The Morgan fingerprint density at radius 2 is 1.85 bits per heavy atom. The molecule has 0 spiro atoms. The minimum absolute atomic E-state index is 0.0870. The van der Waals surface area contributed by atoms with Gasteiger partial charge in [0.15, 0.2) is 0 Å². The molecule has 1 rings (SSSR count). The number of amides is 1. The van der Waals surface area contributed by atoms with Crippen LogP contribution in [-0.4, -0.2) is 26.0 Å². The highest BCUT2D eigenvalue weighted by atomic mass is 35.5. The molecule has 0 heterocycles. The molecule has 0 saturated heterocycles. The standard InChI is InChI=1S/C13H19ClN2O3S/c1-11(17)16-13-6-4-12(5-7-13)10-15-20(18,19)9-3-2-8-14/h4-7,15H,2-3,8-10H2,1H3,(H,16,17). The van der Waals surface area contributed by atoms with Crippen LogP contribution in [-0.2, 0) is 21.4 Å². The van der Waals surface area contributed by atoms with Crippen molar-refractivity contribution in [2.75, 3.05) is 16.9 Å². The molecule has 2 N–H and O–H groups in total. The first-order valence-corrected chi connectivity index (χ1v) is 8.51. The highest BCUT2D eigenvalue weighted by Gasteiger charge is 2.09. The number of benzene rings is 1. The lowest BCUT2D eigenvalue weighted by Gasteiger charge is -2.07. The molecule has 0 saturated carbocycles. The second-order valence-electron chi connectivity index (χ2n) is 4.41. The third-order valence-electron chi connectivity index (χ3n) is 2.57. The Balaban J connectivity index is 2.47. The molecule has 20 heavy (non-hydrogen) atoms. The van der Waals surface area contributed by atoms with E-state index in [0.717, 1.165) is 5.56 Å². The lowest BCUT2D eigenvalue weighted by molar-refractivity contribution is -0.114. The number of unbranched alkanes of at least 4 members (excludes halogenated alkanes) is 1. The van der Waals surface area contributed by atoms with E-state index in [4.69, 9.17) is 11.6 Å². The Bertz CT molecular complexity index is 529. The van der Waals surface area contributed by atoms with Gasteiger partial charge >= 0.3 is 0 Å². The average molecular weight is 319 g/mol. The fourth-order valence-electron chi connectivity index (χ4n) is 1.56. The third kappa shape index (κ3) is 6.88. The van der Waals surface area contributed by atoms with E-state index in [-0.39, 0.29) is 18.2 Å². The van der Waals surface area contributed by atoms with Gasteiger partial charge in [0.2, 0.25) is 15.9 Å². The molecule has 1 aromatic rings. The number of carbonyl (C=O) groups excluding carboxylic acids is 1. The van der Waals surface area contributed by atoms with Crippen LogP contribution < -0.4 is 10.0 Å². The van der Waals surface area contributed by atoms with Gasteiger partial charge in [-0.3, -0.25) is 4.79 Å². The van der Waals surface area contributed by atoms with Crippen molar-refractivity contribution in [2.24, 2.45) is 0 Å². The molecular formula is C13H19ClN2O3S. The molecular weight excluding hydrogens is 300 g/mol. The zero-order valence-electron chi connectivity index (χ0n) is 11.4. The summed E-state index contributed by atoms with van der Waals surface area (Å²) < 4.78 is 25.9. The maximum absolute atomic E-state index is 11.7. The number of alkyl halides is 1. The Morgan fingerprint density at radius 1 is 1.20 bits per heavy atom. The van der Waals surface area contributed by atoms with Crippen LogP contribution in [0.2, 0.25) is 0 Å². The van der Waals surface area contributed by atoms with E-state index in [0.29, 0.717) is 24.4 Å². The lowest BCUT2D eigenvalue weighted by Crippen LogP contribution is -2.26. The van der Waals surface area contributed by atoms with Crippen molar-refractivity contribution in [1.82, 2.24) is 4.72 Å². The van der Waals surface area contributed by atoms with Crippen molar-refractivity contribution in [2.45, 2.75) is 26.3 Å². The summed E-state index contributed by atoms with van der Waals surface area (Å²) in [4.78, 5) is 10.9. The normalized spacial score (nSPS) is 11.3. The van der Waals surface area contributed by atoms with Gasteiger partial charge in [0.25, 0.3) is 0 Å². The first kappa shape index (κ1) is 16.9. The Morgan fingerprint density at radius 3 is 2.40 bits per heavy atom. The van der Waals surface area contributed by atoms with Crippen molar-refractivity contribution < 1.29 is 13.2 Å². The largest absolute Gasteiger partial charge is 0.326 e. The minimum Gasteiger partial charge on any atom is -0.326 e. The minimum atomic E-state index is -3.26. The maximum Gasteiger partial charge on any atom is 0.221 e. The highest BCUT2D eigenvalue weighted by Crippen LogP contribution is 2.09. The molecule has 0 bridgehead atoms. The molecule has 7 heteroatoms. The molecule has 0 unspecified atom stereocenters. The van der Waals surface area contributed by atoms with E-state index in [1.165, 1.54) is 6.92 Å². The third-order valence-corrected chi connectivity index (χ3v) is 4.24. The molecule has 0 aliphatic carbocycles. The van der Waals surface area contributed by atoms with E-state index in [2.05, 4.69) is 10.0 Å². The van der Waals surface area contributed by atoms with E-state index in [9.17, 15) is 13.2 Å². The summed E-state index contributed by atoms with van der Waals surface area (Å²) in [5, 5.41) is 2.65. The number of halogens is 1. The summed E-state index contributed by atoms with van der Waals surface area (Å²) in [5.41, 5.74) is 1.52. The second kappa shape index (κ2) is 8.24. The number of carbonyl (C=O) groups is 1. The molecule has 0 radical (unpaired) electrons. The van der Waals surface area contributed by atoms with E-state index >= 15 is 0 Å². The molecule has 1 amide bonds. The van der Waals surface area contributed by atoms with Gasteiger partial charge in [0, 0.05) is 25.0 Å². The van der Waals surface area contributed by atoms with Gasteiger partial charge in [0.05, 0.1) is 5.75 Å². The van der Waals surface area contributed by atoms with Gasteiger partial charge in [-0.25, -0.2) is 13.1 Å². The van der Waals surface area contributed by atoms with Crippen LogP contribution in [0.15, 0.2) is 24.3 Å². The van der Waals surface area contributed by atoms with Gasteiger partial charge in [-0.15, -0.1) is 11.6 Å². The summed E-state index contributed by atoms with van der Waals surface area (Å²) in [7, 11) is -3.26. The van der Waals surface area contributed by atoms with Gasteiger partial charge < -0.3 is 5.32 Å². The van der Waals surface area contributed by atoms with Crippen molar-refractivity contribution in [3.63, 3.8) is 0 Å². The Labute approximate surface area is 124 Å². The summed E-state index contributed by atoms with van der Waals surface area (Å²) in [5.74, 6) is 0.418.